The van der Waals surface area contributed by atoms with Gasteiger partial charge in [0.2, 0.25) is 0 Å². The number of benzene rings is 1. The molecule has 0 bridgehead atoms. The van der Waals surface area contributed by atoms with Crippen LogP contribution in [-0.2, 0) is 13.5 Å². The van der Waals surface area contributed by atoms with E-state index in [-0.39, 0.29) is 12.0 Å². The van der Waals surface area contributed by atoms with Gasteiger partial charge in [0.05, 0.1) is 11.6 Å². The lowest BCUT2D eigenvalue weighted by Gasteiger charge is -2.15. The third-order valence-electron chi connectivity index (χ3n) is 3.21. The third kappa shape index (κ3) is 2.67. The molecule has 1 aromatic carbocycles. The predicted octanol–water partition coefficient (Wildman–Crippen LogP) is 0.800. The molecule has 0 aliphatic rings. The molecule has 2 rings (SSSR count). The molecular weight excluding hydrogens is 247 g/mol. The number of rotatable bonds is 4. The Balaban J connectivity index is 2.60. The summed E-state index contributed by atoms with van der Waals surface area (Å²) in [4.78, 5) is 11.7. The van der Waals surface area contributed by atoms with Crippen molar-refractivity contribution < 1.29 is 9.50 Å². The van der Waals surface area contributed by atoms with Gasteiger partial charge in [0.25, 0.3) is 5.56 Å². The van der Waals surface area contributed by atoms with Crippen molar-refractivity contribution in [1.82, 2.24) is 9.88 Å². The number of nitrogens with zero attached hydrogens (tertiary/aromatic N) is 1. The van der Waals surface area contributed by atoms with E-state index < -0.39 is 11.9 Å². The van der Waals surface area contributed by atoms with Gasteiger partial charge in [-0.1, -0.05) is 0 Å². The summed E-state index contributed by atoms with van der Waals surface area (Å²) in [6, 6.07) is 6.13. The predicted molar refractivity (Wildman–Crippen MR) is 72.8 cm³/mol. The highest BCUT2D eigenvalue weighted by molar-refractivity contribution is 5.82. The van der Waals surface area contributed by atoms with Gasteiger partial charge in [-0.15, -0.1) is 0 Å². The van der Waals surface area contributed by atoms with Crippen LogP contribution in [0.4, 0.5) is 4.39 Å². The van der Waals surface area contributed by atoms with Crippen LogP contribution in [-0.4, -0.2) is 29.4 Å². The maximum absolute atomic E-state index is 14.0. The second kappa shape index (κ2) is 5.50. The fourth-order valence-electron chi connectivity index (χ4n) is 2.28. The molecule has 1 aromatic heterocycles. The molecule has 0 aliphatic carbocycles. The molecule has 0 radical (unpaired) electrons. The monoisotopic (exact) mass is 264 g/mol. The molecule has 0 unspecified atom stereocenters. The Hall–Kier alpha value is -1.72. The van der Waals surface area contributed by atoms with Crippen molar-refractivity contribution in [2.45, 2.75) is 12.5 Å². The lowest BCUT2D eigenvalue weighted by molar-refractivity contribution is 0.174. The zero-order valence-electron chi connectivity index (χ0n) is 11.0. The molecule has 0 amide bonds. The molecule has 5 heteroatoms. The number of nitrogens with one attached hydrogen (secondary N) is 1. The molecule has 0 fully saturated rings. The van der Waals surface area contributed by atoms with Crippen LogP contribution < -0.4 is 10.9 Å². The Morgan fingerprint density at radius 2 is 2.05 bits per heavy atom. The minimum atomic E-state index is -0.694. The van der Waals surface area contributed by atoms with Crippen LogP contribution in [0.25, 0.3) is 10.9 Å². The minimum absolute atomic E-state index is 0.168. The van der Waals surface area contributed by atoms with E-state index in [1.807, 2.05) is 0 Å². The fraction of sp³-hybridized carbons (Fsp3) is 0.357. The van der Waals surface area contributed by atoms with Crippen molar-refractivity contribution in [2.24, 2.45) is 7.05 Å². The van der Waals surface area contributed by atoms with E-state index in [1.54, 1.807) is 26.2 Å². The summed E-state index contributed by atoms with van der Waals surface area (Å²) >= 11 is 0. The van der Waals surface area contributed by atoms with Crippen LogP contribution in [0.3, 0.4) is 0 Å². The number of pyridine rings is 1. The van der Waals surface area contributed by atoms with E-state index in [4.69, 9.17) is 0 Å². The number of hydrogen-bond donors (Lipinski definition) is 2. The van der Waals surface area contributed by atoms with Gasteiger partial charge in [-0.2, -0.15) is 0 Å². The van der Waals surface area contributed by atoms with Crippen molar-refractivity contribution in [3.63, 3.8) is 0 Å². The average molecular weight is 264 g/mol. The van der Waals surface area contributed by atoms with Gasteiger partial charge in [-0.3, -0.25) is 4.79 Å². The van der Waals surface area contributed by atoms with Crippen molar-refractivity contribution in [1.29, 1.82) is 0 Å². The quantitative estimate of drug-likeness (QED) is 0.859. The van der Waals surface area contributed by atoms with Gasteiger partial charge in [0, 0.05) is 31.6 Å². The largest absolute Gasteiger partial charge is 0.391 e. The number of aliphatic hydroxyl groups is 1. The molecule has 2 N–H and O–H groups in total. The highest BCUT2D eigenvalue weighted by Gasteiger charge is 2.14. The van der Waals surface area contributed by atoms with E-state index in [1.165, 1.54) is 16.7 Å². The lowest BCUT2D eigenvalue weighted by atomic mass is 10.0. The van der Waals surface area contributed by atoms with E-state index >= 15 is 0 Å². The Morgan fingerprint density at radius 3 is 2.74 bits per heavy atom. The molecule has 0 saturated heterocycles. The van der Waals surface area contributed by atoms with Crippen molar-refractivity contribution >= 4 is 10.9 Å². The normalized spacial score (nSPS) is 12.8. The Labute approximate surface area is 110 Å². The Kier molecular flexibility index (Phi) is 3.97. The third-order valence-corrected chi connectivity index (χ3v) is 3.21. The maximum Gasteiger partial charge on any atom is 0.250 e. The maximum atomic E-state index is 14.0. The Bertz CT molecular complexity index is 652. The molecule has 2 aromatic rings. The molecule has 0 spiro atoms. The van der Waals surface area contributed by atoms with E-state index in [9.17, 15) is 14.3 Å². The molecule has 102 valence electrons. The van der Waals surface area contributed by atoms with E-state index in [2.05, 4.69) is 5.32 Å². The molecule has 0 saturated carbocycles. The summed E-state index contributed by atoms with van der Waals surface area (Å²) in [7, 11) is 3.33. The SMILES string of the molecule is CNC[C@@H](O)Cc1c(F)ccc2ccc(=O)n(C)c12. The molecule has 1 atom stereocenters. The Morgan fingerprint density at radius 1 is 1.37 bits per heavy atom. The second-order valence-corrected chi connectivity index (χ2v) is 4.61. The van der Waals surface area contributed by atoms with Crippen molar-refractivity contribution in [3.05, 3.63) is 46.0 Å². The molecule has 4 nitrogen and oxygen atoms in total. The summed E-state index contributed by atoms with van der Waals surface area (Å²) in [5.41, 5.74) is 0.727. The zero-order chi connectivity index (χ0) is 14.0. The van der Waals surface area contributed by atoms with Gasteiger partial charge < -0.3 is 15.0 Å². The number of likely N-dealkylation sites (N-methyl/N-ethyl adjacent to an activating group) is 1. The van der Waals surface area contributed by atoms with Gasteiger partial charge in [0.1, 0.15) is 5.82 Å². The first kappa shape index (κ1) is 13.7. The van der Waals surface area contributed by atoms with Crippen LogP contribution in [0.5, 0.6) is 0 Å². The summed E-state index contributed by atoms with van der Waals surface area (Å²) in [6.07, 6.45) is -0.526. The van der Waals surface area contributed by atoms with Crippen LogP contribution >= 0.6 is 0 Å². The van der Waals surface area contributed by atoms with Gasteiger partial charge in [-0.05, 0) is 30.6 Å². The fourth-order valence-corrected chi connectivity index (χ4v) is 2.28. The van der Waals surface area contributed by atoms with Crippen molar-refractivity contribution in [2.75, 3.05) is 13.6 Å². The summed E-state index contributed by atoms with van der Waals surface area (Å²) < 4.78 is 15.4. The number of aromatic nitrogens is 1. The number of halogens is 1. The smallest absolute Gasteiger partial charge is 0.250 e. The highest BCUT2D eigenvalue weighted by Crippen LogP contribution is 2.21. The van der Waals surface area contributed by atoms with Crippen LogP contribution in [0, 0.1) is 5.82 Å². The van der Waals surface area contributed by atoms with Crippen LogP contribution in [0.15, 0.2) is 29.1 Å². The summed E-state index contributed by atoms with van der Waals surface area (Å²) in [5.74, 6) is -0.399. The number of aliphatic hydroxyl groups excluding tert-OH is 1. The van der Waals surface area contributed by atoms with E-state index in [0.717, 1.165) is 5.39 Å². The van der Waals surface area contributed by atoms with Crippen LogP contribution in [0.2, 0.25) is 0 Å². The van der Waals surface area contributed by atoms with Gasteiger partial charge in [-0.25, -0.2) is 4.39 Å². The molecule has 19 heavy (non-hydrogen) atoms. The second-order valence-electron chi connectivity index (χ2n) is 4.61. The summed E-state index contributed by atoms with van der Waals surface area (Å²) in [6.45, 7) is 0.372. The molecule has 1 heterocycles. The van der Waals surface area contributed by atoms with E-state index in [0.29, 0.717) is 17.6 Å². The topological polar surface area (TPSA) is 54.3 Å². The van der Waals surface area contributed by atoms with Gasteiger partial charge >= 0.3 is 0 Å². The first-order chi connectivity index (χ1) is 9.04. The first-order valence-electron chi connectivity index (χ1n) is 6.14. The molecule has 0 aliphatic heterocycles. The number of aryl methyl sites for hydroxylation is 1. The van der Waals surface area contributed by atoms with Gasteiger partial charge in [0.15, 0.2) is 0 Å². The minimum Gasteiger partial charge on any atom is -0.391 e. The zero-order valence-corrected chi connectivity index (χ0v) is 11.0. The number of fused-ring (bicyclic) bond motifs is 1. The lowest BCUT2D eigenvalue weighted by Crippen LogP contribution is -2.26. The number of hydrogen-bond acceptors (Lipinski definition) is 3. The average Bonchev–Trinajstić information content (AvgIpc) is 2.37. The van der Waals surface area contributed by atoms with Crippen LogP contribution in [0.1, 0.15) is 5.56 Å². The first-order valence-corrected chi connectivity index (χ1v) is 6.14. The summed E-state index contributed by atoms with van der Waals surface area (Å²) in [5, 5.41) is 13.5. The highest BCUT2D eigenvalue weighted by atomic mass is 19.1. The van der Waals surface area contributed by atoms with Crippen molar-refractivity contribution in [3.8, 4) is 0 Å². The standard InChI is InChI=1S/C14H17FN2O2/c1-16-8-10(18)7-11-12(15)5-3-9-4-6-13(19)17(2)14(9)11/h3-6,10,16,18H,7-8H2,1-2H3/t10-/m0/s1. The molecular formula is C14H17FN2O2.